The van der Waals surface area contributed by atoms with Gasteiger partial charge in [0.2, 0.25) is 11.8 Å². The zero-order valence-electron chi connectivity index (χ0n) is 20.3. The van der Waals surface area contributed by atoms with Gasteiger partial charge in [-0.25, -0.2) is 0 Å². The Kier molecular flexibility index (Phi) is 11.9. The molecule has 1 aliphatic carbocycles. The Balaban J connectivity index is 2.52. The van der Waals surface area contributed by atoms with Gasteiger partial charge in [-0.2, -0.15) is 13.2 Å². The van der Waals surface area contributed by atoms with Crippen molar-refractivity contribution in [3.05, 3.63) is 32.9 Å². The minimum atomic E-state index is -4.78. The molecule has 0 spiro atoms. The van der Waals surface area contributed by atoms with E-state index in [1.807, 2.05) is 22.6 Å². The van der Waals surface area contributed by atoms with Crippen molar-refractivity contribution in [2.24, 2.45) is 0 Å². The van der Waals surface area contributed by atoms with E-state index in [1.165, 1.54) is 26.4 Å². The minimum Gasteiger partial charge on any atom is -0.493 e. The molecular formula is C23H30F3IN2O8. The Hall–Kier alpha value is -2.14. The van der Waals surface area contributed by atoms with Gasteiger partial charge in [0, 0.05) is 25.6 Å². The topological polar surface area (TPSA) is 138 Å². The lowest BCUT2D eigenvalue weighted by molar-refractivity contribution is -0.173. The van der Waals surface area contributed by atoms with E-state index in [9.17, 15) is 33.0 Å². The molecule has 3 atom stereocenters. The molecule has 10 nitrogen and oxygen atoms in total. The van der Waals surface area contributed by atoms with Crippen molar-refractivity contribution in [3.8, 4) is 11.5 Å². The number of methoxy groups -OCH3 is 2. The SMILES string of the molecule is COCCC(=O)N(CC(F)(F)F)[C@@H]1CC(C(=O)NCCO)=C[C@H](Oc2c(I)cc(CO)cc2OC)[C@H]1O. The highest BCUT2D eigenvalue weighted by Gasteiger charge is 2.44. The Morgan fingerprint density at radius 1 is 1.24 bits per heavy atom. The number of rotatable bonds is 12. The molecule has 4 N–H and O–H groups in total. The number of amides is 2. The maximum atomic E-state index is 13.5. The van der Waals surface area contributed by atoms with Crippen molar-refractivity contribution >= 4 is 34.4 Å². The molecule has 2 rings (SSSR count). The van der Waals surface area contributed by atoms with Crippen LogP contribution in [0, 0.1) is 3.57 Å². The molecule has 0 radical (unpaired) electrons. The van der Waals surface area contributed by atoms with E-state index in [-0.39, 0.29) is 56.3 Å². The molecule has 1 aromatic carbocycles. The van der Waals surface area contributed by atoms with Crippen LogP contribution in [0.15, 0.2) is 23.8 Å². The predicted molar refractivity (Wildman–Crippen MR) is 133 cm³/mol. The molecule has 0 aromatic heterocycles. The molecule has 14 heteroatoms. The highest BCUT2D eigenvalue weighted by atomic mass is 127. The van der Waals surface area contributed by atoms with Gasteiger partial charge in [0.1, 0.15) is 18.8 Å². The average molecular weight is 646 g/mol. The lowest BCUT2D eigenvalue weighted by Gasteiger charge is -2.41. The highest BCUT2D eigenvalue weighted by Crippen LogP contribution is 2.37. The molecule has 1 aliphatic rings. The van der Waals surface area contributed by atoms with E-state index >= 15 is 0 Å². The molecule has 0 bridgehead atoms. The van der Waals surface area contributed by atoms with Crippen LogP contribution < -0.4 is 14.8 Å². The molecule has 1 aromatic rings. The Morgan fingerprint density at radius 2 is 1.95 bits per heavy atom. The van der Waals surface area contributed by atoms with Crippen molar-refractivity contribution in [3.63, 3.8) is 0 Å². The molecule has 37 heavy (non-hydrogen) atoms. The zero-order valence-corrected chi connectivity index (χ0v) is 22.4. The number of alkyl halides is 3. The first-order valence-electron chi connectivity index (χ1n) is 11.2. The first kappa shape index (κ1) is 31.1. The normalized spacial score (nSPS) is 19.7. The number of aliphatic hydroxyl groups is 3. The van der Waals surface area contributed by atoms with Gasteiger partial charge in [0.05, 0.1) is 43.0 Å². The first-order chi connectivity index (χ1) is 17.4. The summed E-state index contributed by atoms with van der Waals surface area (Å²) >= 11 is 1.91. The number of aliphatic hydroxyl groups excluding tert-OH is 3. The third-order valence-electron chi connectivity index (χ3n) is 5.53. The molecular weight excluding hydrogens is 616 g/mol. The van der Waals surface area contributed by atoms with Gasteiger partial charge < -0.3 is 39.7 Å². The van der Waals surface area contributed by atoms with Crippen LogP contribution in [0.5, 0.6) is 11.5 Å². The fourth-order valence-corrected chi connectivity index (χ4v) is 4.60. The van der Waals surface area contributed by atoms with Gasteiger partial charge in [-0.15, -0.1) is 0 Å². The van der Waals surface area contributed by atoms with Crippen LogP contribution in [0.2, 0.25) is 0 Å². The number of carbonyl (C=O) groups is 2. The van der Waals surface area contributed by atoms with Crippen molar-refractivity contribution in [2.45, 2.75) is 43.9 Å². The summed E-state index contributed by atoms with van der Waals surface area (Å²) in [6.07, 6.45) is -7.26. The van der Waals surface area contributed by atoms with Gasteiger partial charge in [-0.3, -0.25) is 9.59 Å². The standard InChI is InChI=1S/C23H30F3IN2O8/c1-35-6-3-19(32)29(12-23(24,25)26)16-9-14(22(34)28-4-5-30)10-17(20(16)33)37-21-15(27)7-13(11-31)8-18(21)36-2/h7-8,10,16-17,20,30-31,33H,3-6,9,11-12H2,1-2H3,(H,28,34)/t16-,17+,20+/m1/s1. The van der Waals surface area contributed by atoms with Crippen molar-refractivity contribution in [1.29, 1.82) is 0 Å². The Bertz CT molecular complexity index is 976. The van der Waals surface area contributed by atoms with E-state index < -0.39 is 42.8 Å². The first-order valence-corrected chi connectivity index (χ1v) is 12.3. The van der Waals surface area contributed by atoms with E-state index in [1.54, 1.807) is 6.07 Å². The molecule has 0 aliphatic heterocycles. The highest BCUT2D eigenvalue weighted by molar-refractivity contribution is 14.1. The minimum absolute atomic E-state index is 0.0265. The number of nitrogens with one attached hydrogen (secondary N) is 1. The fourth-order valence-electron chi connectivity index (χ4n) is 3.81. The second-order valence-corrected chi connectivity index (χ2v) is 9.32. The van der Waals surface area contributed by atoms with Gasteiger partial charge in [-0.1, -0.05) is 0 Å². The third kappa shape index (κ3) is 8.70. The summed E-state index contributed by atoms with van der Waals surface area (Å²) < 4.78 is 57.0. The van der Waals surface area contributed by atoms with Crippen LogP contribution in [0.3, 0.4) is 0 Å². The number of halogens is 4. The largest absolute Gasteiger partial charge is 0.493 e. The third-order valence-corrected chi connectivity index (χ3v) is 6.33. The van der Waals surface area contributed by atoms with Gasteiger partial charge in [0.15, 0.2) is 11.5 Å². The molecule has 0 saturated heterocycles. The van der Waals surface area contributed by atoms with Crippen LogP contribution in [0.25, 0.3) is 0 Å². The van der Waals surface area contributed by atoms with Crippen LogP contribution in [-0.2, 0) is 20.9 Å². The number of benzene rings is 1. The summed E-state index contributed by atoms with van der Waals surface area (Å²) in [6.45, 7) is -2.55. The fraction of sp³-hybridized carbons (Fsp3) is 0.565. The maximum Gasteiger partial charge on any atom is 0.406 e. The quantitative estimate of drug-likeness (QED) is 0.248. The summed E-state index contributed by atoms with van der Waals surface area (Å²) in [7, 11) is 2.65. The number of ether oxygens (including phenoxy) is 3. The summed E-state index contributed by atoms with van der Waals surface area (Å²) in [5.74, 6) is -1.29. The van der Waals surface area contributed by atoms with Crippen LogP contribution in [-0.4, -0.2) is 97.0 Å². The van der Waals surface area contributed by atoms with Crippen LogP contribution >= 0.6 is 22.6 Å². The van der Waals surface area contributed by atoms with Crippen molar-refractivity contribution in [2.75, 3.05) is 40.5 Å². The monoisotopic (exact) mass is 646 g/mol. The smallest absolute Gasteiger partial charge is 0.406 e. The van der Waals surface area contributed by atoms with E-state index in [0.29, 0.717) is 14.0 Å². The summed E-state index contributed by atoms with van der Waals surface area (Å²) in [4.78, 5) is 26.0. The Morgan fingerprint density at radius 3 is 2.51 bits per heavy atom. The second-order valence-electron chi connectivity index (χ2n) is 8.16. The van der Waals surface area contributed by atoms with E-state index in [4.69, 9.17) is 19.3 Å². The molecule has 2 amide bonds. The number of hydrogen-bond donors (Lipinski definition) is 4. The maximum absolute atomic E-state index is 13.5. The molecule has 0 heterocycles. The predicted octanol–water partition coefficient (Wildman–Crippen LogP) is 1.13. The number of carbonyl (C=O) groups excluding carboxylic acids is 2. The average Bonchev–Trinajstić information content (AvgIpc) is 2.85. The van der Waals surface area contributed by atoms with Gasteiger partial charge in [0.25, 0.3) is 0 Å². The van der Waals surface area contributed by atoms with Gasteiger partial charge >= 0.3 is 6.18 Å². The summed E-state index contributed by atoms with van der Waals surface area (Å²) in [5, 5.41) is 32.1. The lowest BCUT2D eigenvalue weighted by atomic mass is 9.88. The molecule has 0 saturated carbocycles. The molecule has 208 valence electrons. The van der Waals surface area contributed by atoms with E-state index in [0.717, 1.165) is 0 Å². The molecule has 0 unspecified atom stereocenters. The van der Waals surface area contributed by atoms with Gasteiger partial charge in [-0.05, 0) is 46.4 Å². The molecule has 0 fully saturated rings. The summed E-state index contributed by atoms with van der Waals surface area (Å²) in [5.41, 5.74) is 0.483. The lowest BCUT2D eigenvalue weighted by Crippen LogP contribution is -2.57. The van der Waals surface area contributed by atoms with Crippen LogP contribution in [0.4, 0.5) is 13.2 Å². The van der Waals surface area contributed by atoms with E-state index in [2.05, 4.69) is 5.32 Å². The van der Waals surface area contributed by atoms with Crippen molar-refractivity contribution in [1.82, 2.24) is 10.2 Å². The van der Waals surface area contributed by atoms with Crippen molar-refractivity contribution < 1.29 is 52.3 Å². The van der Waals surface area contributed by atoms with Crippen LogP contribution in [0.1, 0.15) is 18.4 Å². The number of nitrogens with zero attached hydrogens (tertiary/aromatic N) is 1. The zero-order chi connectivity index (χ0) is 27.8. The second kappa shape index (κ2) is 14.1. The summed E-state index contributed by atoms with van der Waals surface area (Å²) in [6, 6.07) is 1.62. The Labute approximate surface area is 225 Å². The number of hydrogen-bond acceptors (Lipinski definition) is 8.